The highest BCUT2D eigenvalue weighted by Gasteiger charge is 2.29. The van der Waals surface area contributed by atoms with Crippen molar-refractivity contribution in [1.82, 2.24) is 23.6 Å². The highest BCUT2D eigenvalue weighted by Crippen LogP contribution is 2.17. The molecule has 2 heterocycles. The molecule has 0 fully saturated rings. The topological polar surface area (TPSA) is 106 Å². The van der Waals surface area contributed by atoms with Crippen molar-refractivity contribution in [2.45, 2.75) is 25.9 Å². The van der Waals surface area contributed by atoms with Crippen LogP contribution in [-0.2, 0) is 25.4 Å². The second-order valence-corrected chi connectivity index (χ2v) is 6.31. The predicted molar refractivity (Wildman–Crippen MR) is 87.7 cm³/mol. The van der Waals surface area contributed by atoms with Crippen LogP contribution in [0.25, 0.3) is 11.2 Å². The van der Waals surface area contributed by atoms with Gasteiger partial charge in [0.2, 0.25) is 11.2 Å². The molecule has 0 radical (unpaired) electrons. The van der Waals surface area contributed by atoms with E-state index in [0.29, 0.717) is 0 Å². The zero-order valence-electron chi connectivity index (χ0n) is 14.0. The van der Waals surface area contributed by atoms with Crippen molar-refractivity contribution >= 4 is 28.7 Å². The Kier molecular flexibility index (Phi) is 4.29. The number of hydrogen-bond donors (Lipinski definition) is 0. The molecule has 0 saturated carbocycles. The molecule has 0 bridgehead atoms. The molecule has 0 atom stereocenters. The number of aryl methyl sites for hydroxylation is 1. The number of carbonyl (C=O) groups excluding carboxylic acids is 1. The quantitative estimate of drug-likeness (QED) is 0.714. The average molecular weight is 353 g/mol. The van der Waals surface area contributed by atoms with Gasteiger partial charge in [-0.3, -0.25) is 23.3 Å². The van der Waals surface area contributed by atoms with Gasteiger partial charge >= 0.3 is 5.69 Å². The van der Waals surface area contributed by atoms with Crippen LogP contribution in [-0.4, -0.2) is 42.1 Å². The lowest BCUT2D eigenvalue weighted by molar-refractivity contribution is -0.133. The number of imidazole rings is 1. The molecule has 10 heteroatoms. The summed E-state index contributed by atoms with van der Waals surface area (Å²) in [6.07, 6.45) is 0. The van der Waals surface area contributed by atoms with E-state index in [1.54, 1.807) is 13.8 Å². The number of rotatable bonds is 3. The smallest absolute Gasteiger partial charge is 0.326 e. The molecule has 0 unspecified atom stereocenters. The van der Waals surface area contributed by atoms with E-state index in [-0.39, 0.29) is 23.0 Å². The van der Waals surface area contributed by atoms with E-state index in [0.717, 1.165) is 4.57 Å². The normalized spacial score (nSPS) is 11.5. The number of fused-ring (bicyclic) bond motifs is 1. The zero-order valence-corrected chi connectivity index (χ0v) is 14.7. The van der Waals surface area contributed by atoms with Crippen molar-refractivity contribution < 1.29 is 4.79 Å². The minimum atomic E-state index is -1.02. The van der Waals surface area contributed by atoms with E-state index in [1.165, 1.54) is 35.2 Å². The minimum Gasteiger partial charge on any atom is -0.326 e. The second-order valence-electron chi connectivity index (χ2n) is 5.97. The summed E-state index contributed by atoms with van der Waals surface area (Å²) >= 11 is 6.07. The molecule has 0 aliphatic carbocycles. The number of aromatic nitrogens is 4. The van der Waals surface area contributed by atoms with Crippen LogP contribution in [0, 0.1) is 11.3 Å². The van der Waals surface area contributed by atoms with Gasteiger partial charge in [-0.25, -0.2) is 4.79 Å². The van der Waals surface area contributed by atoms with Gasteiger partial charge in [-0.2, -0.15) is 10.2 Å². The Morgan fingerprint density at radius 1 is 1.33 bits per heavy atom. The molecular formula is C14H17ClN6O3. The van der Waals surface area contributed by atoms with Gasteiger partial charge in [0.25, 0.3) is 5.56 Å². The SMILES string of the molecule is CN(C(=O)Cn1c(Cl)nc2c1c(=O)n(C)c(=O)n2C)C(C)(C)C#N. The standard InChI is InChI=1S/C14H17ClN6O3/c1-14(2,7-16)20(5)8(22)6-21-9-10(17-12(21)15)18(3)13(24)19(4)11(9)23/h6H2,1-5H3. The molecule has 0 aliphatic rings. The summed E-state index contributed by atoms with van der Waals surface area (Å²) in [6, 6.07) is 2.03. The summed E-state index contributed by atoms with van der Waals surface area (Å²) in [6.45, 7) is 2.92. The first-order valence-electron chi connectivity index (χ1n) is 7.02. The fourth-order valence-electron chi connectivity index (χ4n) is 2.19. The summed E-state index contributed by atoms with van der Waals surface area (Å²) in [7, 11) is 4.29. The molecule has 0 aromatic carbocycles. The lowest BCUT2D eigenvalue weighted by atomic mass is 10.1. The maximum atomic E-state index is 12.5. The van der Waals surface area contributed by atoms with Crippen LogP contribution in [0.5, 0.6) is 0 Å². The first-order valence-corrected chi connectivity index (χ1v) is 7.40. The molecule has 2 aromatic heterocycles. The molecule has 2 rings (SSSR count). The summed E-state index contributed by atoms with van der Waals surface area (Å²) < 4.78 is 3.35. The van der Waals surface area contributed by atoms with Crippen molar-refractivity contribution in [3.63, 3.8) is 0 Å². The number of carbonyl (C=O) groups is 1. The number of likely N-dealkylation sites (N-methyl/N-ethyl adjacent to an activating group) is 1. The van der Waals surface area contributed by atoms with E-state index in [9.17, 15) is 14.4 Å². The first kappa shape index (κ1) is 17.7. The van der Waals surface area contributed by atoms with Crippen LogP contribution >= 0.6 is 11.6 Å². The van der Waals surface area contributed by atoms with Crippen molar-refractivity contribution in [3.05, 3.63) is 26.1 Å². The Balaban J connectivity index is 2.62. The fraction of sp³-hybridized carbons (Fsp3) is 0.500. The number of amides is 1. The van der Waals surface area contributed by atoms with Gasteiger partial charge in [-0.1, -0.05) is 0 Å². The molecule has 0 aliphatic heterocycles. The van der Waals surface area contributed by atoms with Crippen LogP contribution < -0.4 is 11.2 Å². The summed E-state index contributed by atoms with van der Waals surface area (Å²) in [5.74, 6) is -0.418. The van der Waals surface area contributed by atoms with Crippen molar-refractivity contribution in [2.75, 3.05) is 7.05 Å². The van der Waals surface area contributed by atoms with Gasteiger partial charge in [0.15, 0.2) is 11.2 Å². The summed E-state index contributed by atoms with van der Waals surface area (Å²) in [5.41, 5.74) is -1.99. The van der Waals surface area contributed by atoms with Crippen molar-refractivity contribution in [1.29, 1.82) is 5.26 Å². The molecule has 24 heavy (non-hydrogen) atoms. The van der Waals surface area contributed by atoms with E-state index in [4.69, 9.17) is 16.9 Å². The lowest BCUT2D eigenvalue weighted by Crippen LogP contribution is -2.45. The molecule has 9 nitrogen and oxygen atoms in total. The minimum absolute atomic E-state index is 0.0566. The molecular weight excluding hydrogens is 336 g/mol. The molecule has 0 N–H and O–H groups in total. The average Bonchev–Trinajstić information content (AvgIpc) is 2.86. The van der Waals surface area contributed by atoms with Crippen LogP contribution in [0.1, 0.15) is 13.8 Å². The predicted octanol–water partition coefficient (Wildman–Crippen LogP) is -0.152. The van der Waals surface area contributed by atoms with Crippen LogP contribution in [0.2, 0.25) is 5.28 Å². The maximum absolute atomic E-state index is 12.5. The number of hydrogen-bond acceptors (Lipinski definition) is 5. The Bertz CT molecular complexity index is 991. The number of halogens is 1. The highest BCUT2D eigenvalue weighted by molar-refractivity contribution is 6.29. The van der Waals surface area contributed by atoms with Crippen molar-refractivity contribution in [3.8, 4) is 6.07 Å². The third-order valence-corrected chi connectivity index (χ3v) is 4.37. The van der Waals surface area contributed by atoms with Gasteiger partial charge in [0, 0.05) is 21.1 Å². The van der Waals surface area contributed by atoms with E-state index in [1.807, 2.05) is 6.07 Å². The second kappa shape index (κ2) is 5.79. The van der Waals surface area contributed by atoms with Gasteiger partial charge in [0.1, 0.15) is 12.1 Å². The van der Waals surface area contributed by atoms with Crippen LogP contribution in [0.4, 0.5) is 0 Å². The monoisotopic (exact) mass is 352 g/mol. The summed E-state index contributed by atoms with van der Waals surface area (Å²) in [5, 5.41) is 9.05. The Hall–Kier alpha value is -2.60. The first-order chi connectivity index (χ1) is 11.0. The van der Waals surface area contributed by atoms with Gasteiger partial charge in [-0.05, 0) is 25.4 Å². The fourth-order valence-corrected chi connectivity index (χ4v) is 2.42. The lowest BCUT2D eigenvalue weighted by Gasteiger charge is -2.29. The third-order valence-electron chi connectivity index (χ3n) is 4.08. The van der Waals surface area contributed by atoms with E-state index < -0.39 is 22.7 Å². The maximum Gasteiger partial charge on any atom is 0.332 e. The molecule has 0 saturated heterocycles. The number of nitrogens with zero attached hydrogens (tertiary/aromatic N) is 6. The zero-order chi connectivity index (χ0) is 18.4. The highest BCUT2D eigenvalue weighted by atomic mass is 35.5. The molecule has 128 valence electrons. The van der Waals surface area contributed by atoms with Crippen LogP contribution in [0.15, 0.2) is 9.59 Å². The van der Waals surface area contributed by atoms with Gasteiger partial charge in [-0.15, -0.1) is 0 Å². The van der Waals surface area contributed by atoms with Crippen molar-refractivity contribution in [2.24, 2.45) is 14.1 Å². The number of nitriles is 1. The third kappa shape index (κ3) is 2.59. The largest absolute Gasteiger partial charge is 0.332 e. The Labute approximate surface area is 142 Å². The van der Waals surface area contributed by atoms with Crippen LogP contribution in [0.3, 0.4) is 0 Å². The summed E-state index contributed by atoms with van der Waals surface area (Å²) in [4.78, 5) is 42.1. The van der Waals surface area contributed by atoms with Gasteiger partial charge in [0.05, 0.1) is 6.07 Å². The Morgan fingerprint density at radius 3 is 2.46 bits per heavy atom. The van der Waals surface area contributed by atoms with E-state index in [2.05, 4.69) is 4.98 Å². The Morgan fingerprint density at radius 2 is 1.92 bits per heavy atom. The van der Waals surface area contributed by atoms with E-state index >= 15 is 0 Å². The molecule has 2 aromatic rings. The van der Waals surface area contributed by atoms with Gasteiger partial charge < -0.3 is 4.90 Å². The molecule has 1 amide bonds. The molecule has 0 spiro atoms.